The minimum atomic E-state index is -3.29. The monoisotopic (exact) mass is 315 g/mol. The predicted octanol–water partition coefficient (Wildman–Crippen LogP) is 4.53. The van der Waals surface area contributed by atoms with Crippen LogP contribution in [0.1, 0.15) is 17.5 Å². The zero-order chi connectivity index (χ0) is 15.7. The second-order valence-corrected chi connectivity index (χ2v) is 6.95. The number of nitriles is 1. The average Bonchev–Trinajstić information content (AvgIpc) is 2.59. The summed E-state index contributed by atoms with van der Waals surface area (Å²) >= 11 is 0. The second kappa shape index (κ2) is 8.51. The van der Waals surface area contributed by atoms with E-state index < -0.39 is 7.60 Å². The molecule has 0 spiro atoms. The second-order valence-electron chi connectivity index (χ2n) is 4.76. The molecule has 0 bridgehead atoms. The Morgan fingerprint density at radius 1 is 0.864 bits per heavy atom. The molecule has 0 aromatic heterocycles. The molecular weight excluding hydrogens is 297 g/mol. The van der Waals surface area contributed by atoms with Crippen LogP contribution in [0.3, 0.4) is 0 Å². The van der Waals surface area contributed by atoms with Crippen LogP contribution in [0.2, 0.25) is 0 Å². The molecule has 0 unspecified atom stereocenters. The van der Waals surface area contributed by atoms with Crippen LogP contribution in [0.15, 0.2) is 60.7 Å². The van der Waals surface area contributed by atoms with Gasteiger partial charge in [0, 0.05) is 6.42 Å². The van der Waals surface area contributed by atoms with Crippen LogP contribution in [-0.2, 0) is 26.8 Å². The zero-order valence-corrected chi connectivity index (χ0v) is 13.1. The minimum absolute atomic E-state index is 0.100. The molecule has 0 aliphatic heterocycles. The van der Waals surface area contributed by atoms with Gasteiger partial charge < -0.3 is 9.05 Å². The van der Waals surface area contributed by atoms with E-state index in [1.165, 1.54) is 0 Å². The van der Waals surface area contributed by atoms with Gasteiger partial charge in [0.15, 0.2) is 0 Å². The largest absolute Gasteiger partial charge is 0.332 e. The molecule has 4 nitrogen and oxygen atoms in total. The average molecular weight is 315 g/mol. The Hall–Kier alpha value is -1.92. The molecule has 0 radical (unpaired) electrons. The molecule has 22 heavy (non-hydrogen) atoms. The molecule has 0 saturated carbocycles. The van der Waals surface area contributed by atoms with Gasteiger partial charge in [0.2, 0.25) is 0 Å². The molecule has 0 amide bonds. The van der Waals surface area contributed by atoms with Gasteiger partial charge >= 0.3 is 7.60 Å². The smallest absolute Gasteiger partial charge is 0.304 e. The van der Waals surface area contributed by atoms with Crippen molar-refractivity contribution < 1.29 is 13.6 Å². The van der Waals surface area contributed by atoms with Gasteiger partial charge in [0.05, 0.1) is 25.4 Å². The van der Waals surface area contributed by atoms with E-state index >= 15 is 0 Å². The first-order valence-corrected chi connectivity index (χ1v) is 8.77. The van der Waals surface area contributed by atoms with Crippen molar-refractivity contribution >= 4 is 7.60 Å². The molecule has 114 valence electrons. The summed E-state index contributed by atoms with van der Waals surface area (Å²) in [7, 11) is -3.29. The lowest BCUT2D eigenvalue weighted by Crippen LogP contribution is -2.01. The number of nitrogens with zero attached hydrogens (tertiary/aromatic N) is 1. The molecule has 0 aliphatic rings. The molecule has 0 atom stereocenters. The fourth-order valence-corrected chi connectivity index (χ4v) is 3.25. The van der Waals surface area contributed by atoms with Gasteiger partial charge in [0.25, 0.3) is 0 Å². The highest BCUT2D eigenvalue weighted by molar-refractivity contribution is 7.53. The summed E-state index contributed by atoms with van der Waals surface area (Å²) < 4.78 is 23.8. The third-order valence-corrected chi connectivity index (χ3v) is 4.86. The van der Waals surface area contributed by atoms with Crippen LogP contribution in [0.25, 0.3) is 0 Å². The lowest BCUT2D eigenvalue weighted by molar-refractivity contribution is 0.191. The maximum absolute atomic E-state index is 12.7. The number of hydrogen-bond acceptors (Lipinski definition) is 4. The number of rotatable bonds is 8. The first-order chi connectivity index (χ1) is 10.7. The van der Waals surface area contributed by atoms with Crippen molar-refractivity contribution in [3.8, 4) is 6.07 Å². The highest BCUT2D eigenvalue weighted by atomic mass is 31.2. The SMILES string of the molecule is N#CCCP(=O)(OCc1ccccc1)OCc1ccccc1. The van der Waals surface area contributed by atoms with E-state index in [0.29, 0.717) is 0 Å². The Morgan fingerprint density at radius 3 is 1.73 bits per heavy atom. The third kappa shape index (κ3) is 5.46. The van der Waals surface area contributed by atoms with E-state index in [2.05, 4.69) is 0 Å². The summed E-state index contributed by atoms with van der Waals surface area (Å²) in [5.74, 6) is 0. The summed E-state index contributed by atoms with van der Waals surface area (Å²) in [5, 5.41) is 8.72. The Kier molecular flexibility index (Phi) is 6.36. The molecule has 5 heteroatoms. The van der Waals surface area contributed by atoms with Crippen LogP contribution < -0.4 is 0 Å². The summed E-state index contributed by atoms with van der Waals surface area (Å²) in [6.45, 7) is 0.413. The number of benzene rings is 2. The summed E-state index contributed by atoms with van der Waals surface area (Å²) in [6, 6.07) is 21.0. The normalized spacial score (nSPS) is 11.0. The van der Waals surface area contributed by atoms with Gasteiger partial charge in [-0.3, -0.25) is 4.57 Å². The van der Waals surface area contributed by atoms with Crippen molar-refractivity contribution in [2.75, 3.05) is 6.16 Å². The van der Waals surface area contributed by atoms with Gasteiger partial charge in [-0.2, -0.15) is 5.26 Å². The molecule has 0 heterocycles. The quantitative estimate of drug-likeness (QED) is 0.672. The van der Waals surface area contributed by atoms with Crippen LogP contribution in [0.5, 0.6) is 0 Å². The first kappa shape index (κ1) is 16.5. The van der Waals surface area contributed by atoms with Crippen LogP contribution in [-0.4, -0.2) is 6.16 Å². The standard InChI is InChI=1S/C17H18NO3P/c18-12-7-13-22(19,20-14-16-8-3-1-4-9-16)21-15-17-10-5-2-6-11-17/h1-6,8-11H,7,13-15H2. The van der Waals surface area contributed by atoms with Gasteiger partial charge in [-0.1, -0.05) is 60.7 Å². The number of hydrogen-bond donors (Lipinski definition) is 0. The van der Waals surface area contributed by atoms with E-state index in [0.717, 1.165) is 11.1 Å². The lowest BCUT2D eigenvalue weighted by atomic mass is 10.2. The Bertz CT molecular complexity index is 605. The Balaban J connectivity index is 1.97. The van der Waals surface area contributed by atoms with Crippen molar-refractivity contribution in [3.63, 3.8) is 0 Å². The maximum Gasteiger partial charge on any atom is 0.332 e. The lowest BCUT2D eigenvalue weighted by Gasteiger charge is -2.17. The van der Waals surface area contributed by atoms with Gasteiger partial charge in [-0.05, 0) is 11.1 Å². The van der Waals surface area contributed by atoms with E-state index in [-0.39, 0.29) is 25.8 Å². The summed E-state index contributed by atoms with van der Waals surface area (Å²) in [5.41, 5.74) is 1.84. The molecule has 2 rings (SSSR count). The van der Waals surface area contributed by atoms with Crippen LogP contribution >= 0.6 is 7.60 Å². The topological polar surface area (TPSA) is 59.3 Å². The zero-order valence-electron chi connectivity index (χ0n) is 12.2. The highest BCUT2D eigenvalue weighted by Gasteiger charge is 2.24. The van der Waals surface area contributed by atoms with E-state index in [4.69, 9.17) is 14.3 Å². The van der Waals surface area contributed by atoms with Gasteiger partial charge in [0.1, 0.15) is 0 Å². The molecule has 0 fully saturated rings. The molecule has 0 aliphatic carbocycles. The molecule has 2 aromatic rings. The third-order valence-electron chi connectivity index (χ3n) is 3.04. The van der Waals surface area contributed by atoms with Crippen LogP contribution in [0.4, 0.5) is 0 Å². The van der Waals surface area contributed by atoms with Crippen LogP contribution in [0, 0.1) is 11.3 Å². The minimum Gasteiger partial charge on any atom is -0.304 e. The van der Waals surface area contributed by atoms with Gasteiger partial charge in [-0.15, -0.1) is 0 Å². The Labute approximate surface area is 130 Å². The van der Waals surface area contributed by atoms with Gasteiger partial charge in [-0.25, -0.2) is 0 Å². The first-order valence-electron chi connectivity index (χ1n) is 7.05. The fraction of sp³-hybridized carbons (Fsp3) is 0.235. The van der Waals surface area contributed by atoms with E-state index in [9.17, 15) is 4.57 Å². The van der Waals surface area contributed by atoms with Crippen molar-refractivity contribution in [3.05, 3.63) is 71.8 Å². The highest BCUT2D eigenvalue weighted by Crippen LogP contribution is 2.50. The summed E-state index contributed by atoms with van der Waals surface area (Å²) in [6.07, 6.45) is 0.240. The molecule has 0 N–H and O–H groups in total. The molecular formula is C17H18NO3P. The predicted molar refractivity (Wildman–Crippen MR) is 85.2 cm³/mol. The van der Waals surface area contributed by atoms with Crippen molar-refractivity contribution in [1.82, 2.24) is 0 Å². The van der Waals surface area contributed by atoms with Crippen molar-refractivity contribution in [2.45, 2.75) is 19.6 Å². The van der Waals surface area contributed by atoms with Crippen molar-refractivity contribution in [2.24, 2.45) is 0 Å². The Morgan fingerprint density at radius 2 is 1.32 bits per heavy atom. The van der Waals surface area contributed by atoms with E-state index in [1.807, 2.05) is 66.7 Å². The molecule has 2 aromatic carbocycles. The fourth-order valence-electron chi connectivity index (χ4n) is 1.85. The summed E-state index contributed by atoms with van der Waals surface area (Å²) in [4.78, 5) is 0. The maximum atomic E-state index is 12.7. The van der Waals surface area contributed by atoms with Crippen molar-refractivity contribution in [1.29, 1.82) is 5.26 Å². The molecule has 0 saturated heterocycles. The van der Waals surface area contributed by atoms with E-state index in [1.54, 1.807) is 0 Å².